The molecule has 1 rings (SSSR count). The van der Waals surface area contributed by atoms with E-state index in [9.17, 15) is 14.7 Å². The molecule has 20 heavy (non-hydrogen) atoms. The maximum Gasteiger partial charge on any atom is 0.325 e. The molecule has 1 unspecified atom stereocenters. The second-order valence-electron chi connectivity index (χ2n) is 4.47. The van der Waals surface area contributed by atoms with Gasteiger partial charge in [-0.05, 0) is 31.2 Å². The molecule has 0 fully saturated rings. The quantitative estimate of drug-likeness (QED) is 0.753. The van der Waals surface area contributed by atoms with Crippen molar-refractivity contribution >= 4 is 11.9 Å². The van der Waals surface area contributed by atoms with E-state index in [1.54, 1.807) is 24.3 Å². The minimum absolute atomic E-state index is 0.350. The third kappa shape index (κ3) is 4.55. The van der Waals surface area contributed by atoms with E-state index in [1.807, 2.05) is 6.92 Å². The van der Waals surface area contributed by atoms with Crippen LogP contribution in [0.1, 0.15) is 24.9 Å². The molecule has 0 bridgehead atoms. The first-order valence-corrected chi connectivity index (χ1v) is 6.33. The lowest BCUT2D eigenvalue weighted by Gasteiger charge is -2.23. The molecule has 6 nitrogen and oxygen atoms in total. The van der Waals surface area contributed by atoms with Crippen LogP contribution in [0.25, 0.3) is 0 Å². The van der Waals surface area contributed by atoms with Gasteiger partial charge in [-0.2, -0.15) is 0 Å². The number of hydrogen-bond donors (Lipinski definition) is 2. The monoisotopic (exact) mass is 281 g/mol. The van der Waals surface area contributed by atoms with Crippen LogP contribution in [-0.4, -0.2) is 47.3 Å². The highest BCUT2D eigenvalue weighted by Crippen LogP contribution is 2.23. The van der Waals surface area contributed by atoms with E-state index in [-0.39, 0.29) is 6.54 Å². The van der Waals surface area contributed by atoms with Gasteiger partial charge < -0.3 is 14.9 Å². The van der Waals surface area contributed by atoms with Crippen molar-refractivity contribution in [1.82, 2.24) is 4.90 Å². The summed E-state index contributed by atoms with van der Waals surface area (Å²) in [4.78, 5) is 23.4. The topological polar surface area (TPSA) is 87.1 Å². The third-order valence-electron chi connectivity index (χ3n) is 2.71. The predicted molar refractivity (Wildman–Crippen MR) is 72.9 cm³/mol. The number of rotatable bonds is 8. The molecule has 0 aliphatic carbocycles. The van der Waals surface area contributed by atoms with Crippen LogP contribution >= 0.6 is 0 Å². The van der Waals surface area contributed by atoms with Crippen LogP contribution in [0.2, 0.25) is 0 Å². The van der Waals surface area contributed by atoms with Crippen molar-refractivity contribution in [1.29, 1.82) is 0 Å². The van der Waals surface area contributed by atoms with Gasteiger partial charge in [0.25, 0.3) is 0 Å². The molecule has 2 N–H and O–H groups in total. The summed E-state index contributed by atoms with van der Waals surface area (Å²) >= 11 is 0. The highest BCUT2D eigenvalue weighted by molar-refractivity contribution is 5.77. The summed E-state index contributed by atoms with van der Waals surface area (Å²) in [6.07, 6.45) is 0.853. The van der Waals surface area contributed by atoms with Crippen molar-refractivity contribution in [2.24, 2.45) is 0 Å². The van der Waals surface area contributed by atoms with Crippen molar-refractivity contribution in [3.8, 4) is 5.75 Å². The van der Waals surface area contributed by atoms with Crippen molar-refractivity contribution in [3.05, 3.63) is 29.8 Å². The Morgan fingerprint density at radius 1 is 1.35 bits per heavy atom. The Bertz CT molecular complexity index is 474. The van der Waals surface area contributed by atoms with Crippen molar-refractivity contribution in [2.45, 2.75) is 19.4 Å². The van der Waals surface area contributed by atoms with Crippen LogP contribution in [0.15, 0.2) is 24.3 Å². The Morgan fingerprint density at radius 2 is 2.05 bits per heavy atom. The predicted octanol–water partition coefficient (Wildman–Crippen LogP) is 1.62. The Morgan fingerprint density at radius 3 is 2.60 bits per heavy atom. The number of carbonyl (C=O) groups is 2. The zero-order valence-electron chi connectivity index (χ0n) is 11.6. The highest BCUT2D eigenvalue weighted by Gasteiger charge is 2.26. The molecule has 0 aliphatic rings. The number of ether oxygens (including phenoxy) is 1. The largest absolute Gasteiger partial charge is 0.494 e. The molecule has 110 valence electrons. The fourth-order valence-corrected chi connectivity index (χ4v) is 1.88. The van der Waals surface area contributed by atoms with Gasteiger partial charge in [0, 0.05) is 0 Å². The highest BCUT2D eigenvalue weighted by atomic mass is 16.5. The summed E-state index contributed by atoms with van der Waals surface area (Å²) in [5.41, 5.74) is 0.495. The van der Waals surface area contributed by atoms with Crippen LogP contribution in [-0.2, 0) is 9.59 Å². The second kappa shape index (κ2) is 7.49. The summed E-state index contributed by atoms with van der Waals surface area (Å²) < 4.78 is 5.46. The van der Waals surface area contributed by atoms with E-state index in [2.05, 4.69) is 0 Å². The van der Waals surface area contributed by atoms with Gasteiger partial charge in [-0.15, -0.1) is 0 Å². The molecule has 0 heterocycles. The van der Waals surface area contributed by atoms with Crippen LogP contribution in [0.4, 0.5) is 0 Å². The van der Waals surface area contributed by atoms with E-state index in [1.165, 1.54) is 11.9 Å². The average molecular weight is 281 g/mol. The molecular weight excluding hydrogens is 262 g/mol. The molecule has 6 heteroatoms. The standard InChI is InChI=1S/C14H19NO5/c1-3-7-20-11-6-4-5-10(8-11)13(14(18)19)15(2)9-12(16)17/h4-6,8,13H,3,7,9H2,1-2H3,(H,16,17)(H,18,19). The number of aliphatic carboxylic acids is 2. The smallest absolute Gasteiger partial charge is 0.325 e. The van der Waals surface area contributed by atoms with Gasteiger partial charge in [0.15, 0.2) is 0 Å². The van der Waals surface area contributed by atoms with Crippen molar-refractivity contribution in [2.75, 3.05) is 20.2 Å². The normalized spacial score (nSPS) is 12.2. The van der Waals surface area contributed by atoms with Crippen LogP contribution in [0.3, 0.4) is 0 Å². The molecule has 0 amide bonds. The Hall–Kier alpha value is -2.08. The Kier molecular flexibility index (Phi) is 5.99. The molecule has 0 spiro atoms. The number of carboxylic acid groups (broad SMARTS) is 2. The molecule has 0 aromatic heterocycles. The minimum Gasteiger partial charge on any atom is -0.494 e. The molecule has 1 aromatic rings. The second-order valence-corrected chi connectivity index (χ2v) is 4.47. The van der Waals surface area contributed by atoms with Crippen LogP contribution in [0, 0.1) is 0 Å². The summed E-state index contributed by atoms with van der Waals surface area (Å²) in [5, 5.41) is 18.1. The zero-order chi connectivity index (χ0) is 15.1. The van der Waals surface area contributed by atoms with Gasteiger partial charge in [-0.3, -0.25) is 14.5 Å². The summed E-state index contributed by atoms with van der Waals surface area (Å²) in [7, 11) is 1.46. The molecule has 0 radical (unpaired) electrons. The van der Waals surface area contributed by atoms with Crippen LogP contribution < -0.4 is 4.74 Å². The van der Waals surface area contributed by atoms with E-state index in [0.29, 0.717) is 17.9 Å². The van der Waals surface area contributed by atoms with E-state index in [4.69, 9.17) is 9.84 Å². The zero-order valence-corrected chi connectivity index (χ0v) is 11.6. The molecule has 0 saturated heterocycles. The SMILES string of the molecule is CCCOc1cccc(C(C(=O)O)N(C)CC(=O)O)c1. The van der Waals surface area contributed by atoms with Gasteiger partial charge in [0.05, 0.1) is 13.2 Å². The lowest BCUT2D eigenvalue weighted by atomic mass is 10.1. The van der Waals surface area contributed by atoms with Crippen molar-refractivity contribution in [3.63, 3.8) is 0 Å². The van der Waals surface area contributed by atoms with Crippen molar-refractivity contribution < 1.29 is 24.5 Å². The third-order valence-corrected chi connectivity index (χ3v) is 2.71. The van der Waals surface area contributed by atoms with Gasteiger partial charge in [-0.25, -0.2) is 0 Å². The summed E-state index contributed by atoms with van der Waals surface area (Å²) in [6, 6.07) is 5.71. The van der Waals surface area contributed by atoms with E-state index >= 15 is 0 Å². The molecule has 0 aliphatic heterocycles. The lowest BCUT2D eigenvalue weighted by molar-refractivity contribution is -0.145. The number of benzene rings is 1. The first kappa shape index (κ1) is 16.0. The first-order chi connectivity index (χ1) is 9.45. The number of nitrogens with zero attached hydrogens (tertiary/aromatic N) is 1. The summed E-state index contributed by atoms with van der Waals surface area (Å²) in [6.45, 7) is 2.17. The van der Waals surface area contributed by atoms with Gasteiger partial charge in [-0.1, -0.05) is 19.1 Å². The number of carboxylic acids is 2. The lowest BCUT2D eigenvalue weighted by Crippen LogP contribution is -2.34. The molecule has 0 saturated carbocycles. The van der Waals surface area contributed by atoms with E-state index in [0.717, 1.165) is 6.42 Å². The maximum absolute atomic E-state index is 11.4. The minimum atomic E-state index is -1.10. The molecule has 1 atom stereocenters. The fourth-order valence-electron chi connectivity index (χ4n) is 1.88. The Balaban J connectivity index is 2.96. The number of hydrogen-bond acceptors (Lipinski definition) is 4. The van der Waals surface area contributed by atoms with Gasteiger partial charge in [0.2, 0.25) is 0 Å². The fraction of sp³-hybridized carbons (Fsp3) is 0.429. The first-order valence-electron chi connectivity index (χ1n) is 6.33. The maximum atomic E-state index is 11.4. The molecular formula is C14H19NO5. The Labute approximate surface area is 117 Å². The summed E-state index contributed by atoms with van der Waals surface area (Å²) in [5.74, 6) is -1.59. The average Bonchev–Trinajstić information content (AvgIpc) is 2.35. The van der Waals surface area contributed by atoms with Gasteiger partial charge in [0.1, 0.15) is 11.8 Å². The molecule has 1 aromatic carbocycles. The number of likely N-dealkylation sites (N-methyl/N-ethyl adjacent to an activating group) is 1. The van der Waals surface area contributed by atoms with Crippen LogP contribution in [0.5, 0.6) is 5.75 Å². The van der Waals surface area contributed by atoms with E-state index < -0.39 is 18.0 Å². The van der Waals surface area contributed by atoms with Gasteiger partial charge >= 0.3 is 11.9 Å².